The van der Waals surface area contributed by atoms with Gasteiger partial charge in [0, 0.05) is 30.2 Å². The lowest BCUT2D eigenvalue weighted by molar-refractivity contribution is 0.0594. The van der Waals surface area contributed by atoms with Crippen molar-refractivity contribution in [3.8, 4) is 0 Å². The number of nitrogens with zero attached hydrogens (tertiary/aromatic N) is 2. The fourth-order valence-electron chi connectivity index (χ4n) is 2.86. The molecule has 1 aromatic carbocycles. The van der Waals surface area contributed by atoms with Crippen molar-refractivity contribution in [1.29, 1.82) is 0 Å². The fourth-order valence-corrected chi connectivity index (χ4v) is 2.86. The van der Waals surface area contributed by atoms with Crippen LogP contribution >= 0.6 is 0 Å². The number of benzene rings is 1. The quantitative estimate of drug-likeness (QED) is 0.527. The highest BCUT2D eigenvalue weighted by atomic mass is 16.5. The molecule has 0 amide bonds. The summed E-state index contributed by atoms with van der Waals surface area (Å²) in [5, 5.41) is 9.66. The van der Waals surface area contributed by atoms with Gasteiger partial charge in [-0.2, -0.15) is 0 Å². The second kappa shape index (κ2) is 7.95. The van der Waals surface area contributed by atoms with Gasteiger partial charge in [-0.1, -0.05) is 42.0 Å². The minimum absolute atomic E-state index is 0.252. The van der Waals surface area contributed by atoms with Crippen LogP contribution in [0.3, 0.4) is 0 Å². The highest BCUT2D eigenvalue weighted by Gasteiger charge is 2.16. The van der Waals surface area contributed by atoms with Gasteiger partial charge in [0.15, 0.2) is 5.69 Å². The van der Waals surface area contributed by atoms with Gasteiger partial charge < -0.3 is 14.5 Å². The predicted molar refractivity (Wildman–Crippen MR) is 100 cm³/mol. The van der Waals surface area contributed by atoms with Crippen LogP contribution in [0, 0.1) is 6.92 Å². The van der Waals surface area contributed by atoms with Crippen LogP contribution in [0.25, 0.3) is 17.0 Å². The van der Waals surface area contributed by atoms with E-state index in [9.17, 15) is 4.79 Å². The van der Waals surface area contributed by atoms with E-state index >= 15 is 0 Å². The number of hydrogen-bond acceptors (Lipinski definition) is 5. The van der Waals surface area contributed by atoms with Crippen LogP contribution in [0.1, 0.15) is 27.2 Å². The second-order valence-corrected chi connectivity index (χ2v) is 6.00. The SMILES string of the molecule is COC(=O)c1ncc2c(ccn2Cc2ccc(C)cc2)c1/C=C\CNO. The average molecular weight is 351 g/mol. The molecule has 0 unspecified atom stereocenters. The number of carbonyl (C=O) groups excluding carboxylic acids is 1. The van der Waals surface area contributed by atoms with Crippen molar-refractivity contribution >= 4 is 22.9 Å². The van der Waals surface area contributed by atoms with Crippen molar-refractivity contribution in [2.75, 3.05) is 13.7 Å². The number of hydroxylamine groups is 1. The number of rotatable bonds is 6. The Morgan fingerprint density at radius 2 is 2.08 bits per heavy atom. The molecule has 0 saturated carbocycles. The predicted octanol–water partition coefficient (Wildman–Crippen LogP) is 3.17. The Bertz CT molecular complexity index is 943. The summed E-state index contributed by atoms with van der Waals surface area (Å²) in [5.41, 5.74) is 6.32. The molecule has 2 aromatic heterocycles. The molecule has 134 valence electrons. The third-order valence-corrected chi connectivity index (χ3v) is 4.21. The molecule has 3 rings (SSSR count). The van der Waals surface area contributed by atoms with Crippen molar-refractivity contribution in [1.82, 2.24) is 15.0 Å². The largest absolute Gasteiger partial charge is 0.464 e. The van der Waals surface area contributed by atoms with Gasteiger partial charge in [0.25, 0.3) is 0 Å². The smallest absolute Gasteiger partial charge is 0.357 e. The Balaban J connectivity index is 2.04. The van der Waals surface area contributed by atoms with Gasteiger partial charge in [0.05, 0.1) is 18.8 Å². The number of methoxy groups -OCH3 is 1. The Morgan fingerprint density at radius 1 is 1.31 bits per heavy atom. The van der Waals surface area contributed by atoms with Crippen LogP contribution in [-0.2, 0) is 11.3 Å². The molecule has 2 heterocycles. The summed E-state index contributed by atoms with van der Waals surface area (Å²) >= 11 is 0. The number of fused-ring (bicyclic) bond motifs is 1. The molecular weight excluding hydrogens is 330 g/mol. The monoisotopic (exact) mass is 351 g/mol. The lowest BCUT2D eigenvalue weighted by Crippen LogP contribution is -2.08. The van der Waals surface area contributed by atoms with Gasteiger partial charge in [-0.25, -0.2) is 15.3 Å². The summed E-state index contributed by atoms with van der Waals surface area (Å²) in [6.07, 6.45) is 7.16. The van der Waals surface area contributed by atoms with E-state index in [1.807, 2.05) is 12.3 Å². The molecule has 0 bridgehead atoms. The third kappa shape index (κ3) is 3.66. The summed E-state index contributed by atoms with van der Waals surface area (Å²) in [6, 6.07) is 10.3. The molecule has 26 heavy (non-hydrogen) atoms. The van der Waals surface area contributed by atoms with Gasteiger partial charge in [-0.15, -0.1) is 0 Å². The van der Waals surface area contributed by atoms with E-state index in [1.165, 1.54) is 18.2 Å². The standard InChI is InChI=1S/C20H21N3O3/c1-14-5-7-15(8-6-14)13-23-11-9-16-17(4-3-10-22-25)19(20(24)26-2)21-12-18(16)23/h3-9,11-12,22,25H,10,13H2,1-2H3/b4-3-. The number of aromatic nitrogens is 2. The van der Waals surface area contributed by atoms with Crippen LogP contribution in [0.15, 0.2) is 48.8 Å². The van der Waals surface area contributed by atoms with Gasteiger partial charge in [-0.3, -0.25) is 0 Å². The molecule has 0 fully saturated rings. The van der Waals surface area contributed by atoms with Crippen LogP contribution in [-0.4, -0.2) is 34.4 Å². The maximum atomic E-state index is 12.0. The molecule has 0 aliphatic carbocycles. The maximum Gasteiger partial charge on any atom is 0.357 e. The highest BCUT2D eigenvalue weighted by Crippen LogP contribution is 2.25. The summed E-state index contributed by atoms with van der Waals surface area (Å²) in [7, 11) is 1.33. The van der Waals surface area contributed by atoms with Crippen LogP contribution < -0.4 is 5.48 Å². The van der Waals surface area contributed by atoms with Gasteiger partial charge in [-0.05, 0) is 18.6 Å². The number of ether oxygens (including phenoxy) is 1. The minimum Gasteiger partial charge on any atom is -0.464 e. The number of hydrogen-bond donors (Lipinski definition) is 2. The first-order valence-electron chi connectivity index (χ1n) is 8.29. The minimum atomic E-state index is -0.491. The van der Waals surface area contributed by atoms with Gasteiger partial charge >= 0.3 is 5.97 Å². The number of pyridine rings is 1. The summed E-state index contributed by atoms with van der Waals surface area (Å²) in [6.45, 7) is 3.04. The normalized spacial score (nSPS) is 11.3. The molecule has 0 atom stereocenters. The first-order valence-corrected chi connectivity index (χ1v) is 8.29. The summed E-state index contributed by atoms with van der Waals surface area (Å²) in [5.74, 6) is -0.491. The lowest BCUT2D eigenvalue weighted by atomic mass is 10.1. The Morgan fingerprint density at radius 3 is 2.77 bits per heavy atom. The first kappa shape index (κ1) is 17.8. The Kier molecular flexibility index (Phi) is 5.46. The van der Waals surface area contributed by atoms with Crippen LogP contribution in [0.5, 0.6) is 0 Å². The average Bonchev–Trinajstić information content (AvgIpc) is 3.06. The van der Waals surface area contributed by atoms with Crippen molar-refractivity contribution in [2.24, 2.45) is 0 Å². The zero-order valence-electron chi connectivity index (χ0n) is 14.8. The fraction of sp³-hybridized carbons (Fsp3) is 0.200. The van der Waals surface area contributed by atoms with E-state index in [1.54, 1.807) is 18.3 Å². The number of carbonyl (C=O) groups is 1. The molecule has 6 nitrogen and oxygen atoms in total. The molecule has 0 radical (unpaired) electrons. The maximum absolute atomic E-state index is 12.0. The van der Waals surface area contributed by atoms with E-state index in [-0.39, 0.29) is 12.2 Å². The van der Waals surface area contributed by atoms with E-state index in [0.717, 1.165) is 10.9 Å². The first-order chi connectivity index (χ1) is 12.6. The van der Waals surface area contributed by atoms with Crippen LogP contribution in [0.2, 0.25) is 0 Å². The molecule has 3 aromatic rings. The van der Waals surface area contributed by atoms with E-state index in [0.29, 0.717) is 12.1 Å². The van der Waals surface area contributed by atoms with Crippen molar-refractivity contribution in [2.45, 2.75) is 13.5 Å². The lowest BCUT2D eigenvalue weighted by Gasteiger charge is -2.09. The van der Waals surface area contributed by atoms with E-state index < -0.39 is 5.97 Å². The topological polar surface area (TPSA) is 76.4 Å². The summed E-state index contributed by atoms with van der Waals surface area (Å²) < 4.78 is 6.93. The molecule has 0 aliphatic heterocycles. The number of nitrogens with one attached hydrogen (secondary N) is 1. The van der Waals surface area contributed by atoms with Crippen molar-refractivity contribution in [3.05, 3.63) is 71.2 Å². The van der Waals surface area contributed by atoms with E-state index in [4.69, 9.17) is 9.94 Å². The summed E-state index contributed by atoms with van der Waals surface area (Å²) in [4.78, 5) is 16.4. The van der Waals surface area contributed by atoms with E-state index in [2.05, 4.69) is 46.2 Å². The number of aryl methyl sites for hydroxylation is 1. The van der Waals surface area contributed by atoms with Crippen LogP contribution in [0.4, 0.5) is 0 Å². The second-order valence-electron chi connectivity index (χ2n) is 6.00. The Labute approximate surface area is 151 Å². The van der Waals surface area contributed by atoms with Crippen molar-refractivity contribution < 1.29 is 14.7 Å². The zero-order chi connectivity index (χ0) is 18.5. The molecule has 6 heteroatoms. The third-order valence-electron chi connectivity index (χ3n) is 4.21. The van der Waals surface area contributed by atoms with Crippen molar-refractivity contribution in [3.63, 3.8) is 0 Å². The molecule has 0 spiro atoms. The van der Waals surface area contributed by atoms with Gasteiger partial charge in [0.2, 0.25) is 0 Å². The Hall–Kier alpha value is -2.96. The molecule has 0 saturated heterocycles. The zero-order valence-corrected chi connectivity index (χ0v) is 14.8. The highest BCUT2D eigenvalue weighted by molar-refractivity contribution is 6.00. The molecule has 2 N–H and O–H groups in total. The number of esters is 1. The molecular formula is C20H21N3O3. The van der Waals surface area contributed by atoms with Gasteiger partial charge in [0.1, 0.15) is 0 Å². The molecule has 0 aliphatic rings.